The van der Waals surface area contributed by atoms with Gasteiger partial charge < -0.3 is 18.9 Å². The van der Waals surface area contributed by atoms with Crippen LogP contribution in [0.25, 0.3) is 0 Å². The summed E-state index contributed by atoms with van der Waals surface area (Å²) in [5.74, 6) is 0.802. The first-order valence-electron chi connectivity index (χ1n) is 7.10. The molecule has 5 nitrogen and oxygen atoms in total. The van der Waals surface area contributed by atoms with Gasteiger partial charge in [-0.3, -0.25) is 0 Å². The third-order valence-corrected chi connectivity index (χ3v) is 4.58. The molecule has 1 aliphatic carbocycles. The van der Waals surface area contributed by atoms with Crippen LogP contribution in [0.2, 0.25) is 0 Å². The predicted octanol–water partition coefficient (Wildman–Crippen LogP) is 2.87. The van der Waals surface area contributed by atoms with Crippen molar-refractivity contribution in [1.29, 1.82) is 0 Å². The number of para-hydroxylation sites is 1. The molecule has 0 radical (unpaired) electrons. The van der Waals surface area contributed by atoms with Gasteiger partial charge in [-0.15, -0.1) is 0 Å². The summed E-state index contributed by atoms with van der Waals surface area (Å²) in [6, 6.07) is 8.82. The van der Waals surface area contributed by atoms with Gasteiger partial charge in [0, 0.05) is 0 Å². The van der Waals surface area contributed by atoms with Crippen LogP contribution in [-0.2, 0) is 14.2 Å². The Bertz CT molecular complexity index is 584. The molecule has 1 aromatic rings. The van der Waals surface area contributed by atoms with Crippen molar-refractivity contribution in [3.63, 3.8) is 0 Å². The van der Waals surface area contributed by atoms with E-state index in [-0.39, 0.29) is 17.6 Å². The molecule has 0 N–H and O–H groups in total. The van der Waals surface area contributed by atoms with Gasteiger partial charge in [0.1, 0.15) is 11.4 Å². The predicted molar refractivity (Wildman–Crippen MR) is 72.4 cm³/mol. The van der Waals surface area contributed by atoms with E-state index in [2.05, 4.69) is 0 Å². The van der Waals surface area contributed by atoms with Crippen LogP contribution in [0.1, 0.15) is 13.3 Å². The van der Waals surface area contributed by atoms with Crippen molar-refractivity contribution in [2.75, 3.05) is 0 Å². The Balaban J connectivity index is 1.44. The quantitative estimate of drug-likeness (QED) is 0.476. The van der Waals surface area contributed by atoms with Crippen LogP contribution < -0.4 is 4.74 Å². The maximum atomic E-state index is 11.9. The lowest BCUT2D eigenvalue weighted by Gasteiger charge is -2.32. The second kappa shape index (κ2) is 4.49. The lowest BCUT2D eigenvalue weighted by molar-refractivity contribution is -0.142. The second-order valence-corrected chi connectivity index (χ2v) is 5.83. The van der Waals surface area contributed by atoms with E-state index in [4.69, 9.17) is 18.9 Å². The van der Waals surface area contributed by atoms with Crippen molar-refractivity contribution in [3.8, 4) is 5.75 Å². The van der Waals surface area contributed by atoms with Crippen LogP contribution in [-0.4, -0.2) is 24.2 Å². The van der Waals surface area contributed by atoms with Crippen molar-refractivity contribution in [3.05, 3.63) is 42.7 Å². The molecule has 1 aromatic carbocycles. The zero-order valence-corrected chi connectivity index (χ0v) is 11.6. The summed E-state index contributed by atoms with van der Waals surface area (Å²) < 4.78 is 21.7. The van der Waals surface area contributed by atoms with Crippen LogP contribution in [0.3, 0.4) is 0 Å². The summed E-state index contributed by atoms with van der Waals surface area (Å²) in [7, 11) is 0. The molecule has 2 aliphatic heterocycles. The van der Waals surface area contributed by atoms with E-state index >= 15 is 0 Å². The molecule has 4 rings (SSSR count). The number of allylic oxidation sites excluding steroid dienone is 1. The first kappa shape index (κ1) is 12.7. The average molecular weight is 288 g/mol. The molecule has 110 valence electrons. The number of hydrogen-bond acceptors (Lipinski definition) is 5. The molecule has 0 spiro atoms. The molecule has 0 aromatic heterocycles. The fourth-order valence-corrected chi connectivity index (χ4v) is 3.45. The summed E-state index contributed by atoms with van der Waals surface area (Å²) in [5.41, 5.74) is -0.243. The highest BCUT2D eigenvalue weighted by atomic mass is 16.8. The fraction of sp³-hybridized carbons (Fsp3) is 0.438. The Kier molecular flexibility index (Phi) is 2.72. The van der Waals surface area contributed by atoms with Crippen LogP contribution in [0, 0.1) is 11.8 Å². The van der Waals surface area contributed by atoms with Gasteiger partial charge in [0.15, 0.2) is 0 Å². The molecule has 0 bridgehead atoms. The summed E-state index contributed by atoms with van der Waals surface area (Å²) in [6.45, 7) is 2.05. The summed E-state index contributed by atoms with van der Waals surface area (Å²) >= 11 is 0. The SMILES string of the molecule is C[C@]12O[C@H]1C[C@H]1C=CO[C@@H](OC(=O)Oc3ccccc3)[C@H]12. The van der Waals surface area contributed by atoms with Crippen LogP contribution in [0.15, 0.2) is 42.7 Å². The van der Waals surface area contributed by atoms with Gasteiger partial charge in [0.2, 0.25) is 0 Å². The standard InChI is InChI=1S/C16H16O5/c1-16-12(21-16)9-10-7-8-18-14(13(10)16)20-15(17)19-11-5-3-2-4-6-11/h2-8,10,12-14H,9H2,1H3/t10-,12+,13+,14+,16+/m1/s1. The molecule has 2 heterocycles. The van der Waals surface area contributed by atoms with Crippen LogP contribution in [0.4, 0.5) is 4.79 Å². The van der Waals surface area contributed by atoms with E-state index in [1.165, 1.54) is 0 Å². The summed E-state index contributed by atoms with van der Waals surface area (Å²) in [5, 5.41) is 0. The smallest absolute Gasteiger partial charge is 0.462 e. The summed E-state index contributed by atoms with van der Waals surface area (Å²) in [4.78, 5) is 11.9. The topological polar surface area (TPSA) is 57.3 Å². The number of benzene rings is 1. The van der Waals surface area contributed by atoms with E-state index in [1.54, 1.807) is 30.5 Å². The maximum absolute atomic E-state index is 11.9. The van der Waals surface area contributed by atoms with E-state index < -0.39 is 12.4 Å². The third-order valence-electron chi connectivity index (χ3n) is 4.58. The third kappa shape index (κ3) is 2.08. The van der Waals surface area contributed by atoms with Crippen LogP contribution >= 0.6 is 0 Å². The number of ether oxygens (including phenoxy) is 4. The fourth-order valence-electron chi connectivity index (χ4n) is 3.45. The van der Waals surface area contributed by atoms with Crippen molar-refractivity contribution >= 4 is 6.16 Å². The number of carbonyl (C=O) groups excluding carboxylic acids is 1. The number of hydrogen-bond donors (Lipinski definition) is 0. The Morgan fingerprint density at radius 2 is 2.14 bits per heavy atom. The Morgan fingerprint density at radius 3 is 2.95 bits per heavy atom. The van der Waals surface area contributed by atoms with Crippen molar-refractivity contribution in [2.24, 2.45) is 11.8 Å². The zero-order valence-electron chi connectivity index (χ0n) is 11.6. The van der Waals surface area contributed by atoms with E-state index in [0.717, 1.165) is 6.42 Å². The minimum Gasteiger partial charge on any atom is -0.462 e. The molecule has 21 heavy (non-hydrogen) atoms. The van der Waals surface area contributed by atoms with Crippen molar-refractivity contribution in [2.45, 2.75) is 31.3 Å². The van der Waals surface area contributed by atoms with Crippen molar-refractivity contribution in [1.82, 2.24) is 0 Å². The number of rotatable bonds is 2. The van der Waals surface area contributed by atoms with Gasteiger partial charge in [0.25, 0.3) is 6.29 Å². The molecule has 1 saturated carbocycles. The Labute approximate surface area is 122 Å². The highest BCUT2D eigenvalue weighted by molar-refractivity contribution is 5.63. The minimum atomic E-state index is -0.757. The first-order valence-corrected chi connectivity index (χ1v) is 7.10. The lowest BCUT2D eigenvalue weighted by atomic mass is 9.87. The normalized spacial score (nSPS) is 38.9. The maximum Gasteiger partial charge on any atom is 0.516 e. The second-order valence-electron chi connectivity index (χ2n) is 5.83. The summed E-state index contributed by atoms with van der Waals surface area (Å²) in [6.07, 6.45) is 3.41. The molecule has 1 saturated heterocycles. The average Bonchev–Trinajstić information content (AvgIpc) is 3.02. The monoisotopic (exact) mass is 288 g/mol. The first-order chi connectivity index (χ1) is 10.2. The van der Waals surface area contributed by atoms with Gasteiger partial charge in [0.05, 0.1) is 18.3 Å². The van der Waals surface area contributed by atoms with Gasteiger partial charge in [-0.05, 0) is 37.5 Å². The van der Waals surface area contributed by atoms with E-state index in [0.29, 0.717) is 11.7 Å². The van der Waals surface area contributed by atoms with E-state index in [9.17, 15) is 4.79 Å². The molecule has 0 amide bonds. The zero-order chi connectivity index (χ0) is 14.4. The minimum absolute atomic E-state index is 0.0239. The van der Waals surface area contributed by atoms with Crippen LogP contribution in [0.5, 0.6) is 5.75 Å². The van der Waals surface area contributed by atoms with Gasteiger partial charge in [-0.25, -0.2) is 4.79 Å². The number of fused-ring (bicyclic) bond motifs is 3. The largest absolute Gasteiger partial charge is 0.516 e. The molecule has 0 unspecified atom stereocenters. The molecule has 5 heteroatoms. The van der Waals surface area contributed by atoms with Gasteiger partial charge in [-0.1, -0.05) is 18.2 Å². The van der Waals surface area contributed by atoms with E-state index in [1.807, 2.05) is 19.1 Å². The highest BCUT2D eigenvalue weighted by Crippen LogP contribution is 2.59. The number of epoxide rings is 1. The molecular weight excluding hydrogens is 272 g/mol. The lowest BCUT2D eigenvalue weighted by Crippen LogP contribution is -2.41. The van der Waals surface area contributed by atoms with Gasteiger partial charge >= 0.3 is 6.16 Å². The van der Waals surface area contributed by atoms with Gasteiger partial charge in [-0.2, -0.15) is 0 Å². The molecular formula is C16H16O5. The molecule has 3 aliphatic rings. The number of carbonyl (C=O) groups is 1. The van der Waals surface area contributed by atoms with Crippen molar-refractivity contribution < 1.29 is 23.7 Å². The Hall–Kier alpha value is -2.01. The molecule has 5 atom stereocenters. The Morgan fingerprint density at radius 1 is 1.33 bits per heavy atom. The molecule has 2 fully saturated rings. The highest BCUT2D eigenvalue weighted by Gasteiger charge is 2.69.